The first-order valence-electron chi connectivity index (χ1n) is 5.21. The van der Waals surface area contributed by atoms with Crippen molar-refractivity contribution in [2.24, 2.45) is 0 Å². The summed E-state index contributed by atoms with van der Waals surface area (Å²) in [6, 6.07) is 3.96. The van der Waals surface area contributed by atoms with Crippen LogP contribution >= 0.6 is 0 Å². The molecular weight excluding hydrogens is 229 g/mol. The van der Waals surface area contributed by atoms with E-state index in [1.54, 1.807) is 0 Å². The summed E-state index contributed by atoms with van der Waals surface area (Å²) in [7, 11) is 0. The van der Waals surface area contributed by atoms with Gasteiger partial charge < -0.3 is 9.84 Å². The average Bonchev–Trinajstić information content (AvgIpc) is 2.29. The molecule has 0 aliphatic carbocycles. The van der Waals surface area contributed by atoms with Gasteiger partial charge in [-0.05, 0) is 13.0 Å². The number of alkyl halides is 1. The van der Waals surface area contributed by atoms with Gasteiger partial charge in [-0.3, -0.25) is 14.5 Å². The lowest BCUT2D eigenvalue weighted by atomic mass is 10.1. The molecule has 5 nitrogen and oxygen atoms in total. The number of rotatable bonds is 6. The maximum atomic E-state index is 11.9. The zero-order chi connectivity index (χ0) is 12.8. The molecule has 1 aromatic carbocycles. The van der Waals surface area contributed by atoms with Gasteiger partial charge in [-0.25, -0.2) is 0 Å². The summed E-state index contributed by atoms with van der Waals surface area (Å²) in [5.41, 5.74) is 0.219. The van der Waals surface area contributed by atoms with Crippen LogP contribution in [0.25, 0.3) is 0 Å². The lowest BCUT2D eigenvalue weighted by molar-refractivity contribution is -0.385. The van der Waals surface area contributed by atoms with Gasteiger partial charge in [0.2, 0.25) is 0 Å². The van der Waals surface area contributed by atoms with Gasteiger partial charge in [0, 0.05) is 24.1 Å². The zero-order valence-electron chi connectivity index (χ0n) is 9.43. The number of benzene rings is 1. The maximum Gasteiger partial charge on any atom is 0.270 e. The molecule has 0 saturated carbocycles. The Morgan fingerprint density at radius 3 is 2.82 bits per heavy atom. The molecule has 0 spiro atoms. The van der Waals surface area contributed by atoms with Gasteiger partial charge in [0.15, 0.2) is 0 Å². The van der Waals surface area contributed by atoms with Crippen LogP contribution in [0.3, 0.4) is 0 Å². The largest absolute Gasteiger partial charge is 0.493 e. The van der Waals surface area contributed by atoms with Crippen LogP contribution in [0.5, 0.6) is 5.75 Å². The number of non-ortho nitro benzene ring substituents is 1. The van der Waals surface area contributed by atoms with Crippen LogP contribution in [0, 0.1) is 10.1 Å². The first-order valence-corrected chi connectivity index (χ1v) is 5.21. The van der Waals surface area contributed by atoms with E-state index in [1.807, 2.05) is 0 Å². The fourth-order valence-electron chi connectivity index (χ4n) is 1.34. The first kappa shape index (κ1) is 13.4. The summed E-state index contributed by atoms with van der Waals surface area (Å²) < 4.78 is 17.2. The van der Waals surface area contributed by atoms with E-state index in [0.29, 0.717) is 11.3 Å². The van der Waals surface area contributed by atoms with Crippen LogP contribution in [0.2, 0.25) is 0 Å². The predicted molar refractivity (Wildman–Crippen MR) is 59.8 cm³/mol. The molecule has 1 N–H and O–H groups in total. The SMILES string of the molecule is C[C@H](O)c1cc([N+](=O)[O-])ccc1OCCCF. The average molecular weight is 243 g/mol. The quantitative estimate of drug-likeness (QED) is 0.473. The molecule has 0 radical (unpaired) electrons. The van der Waals surface area contributed by atoms with Crippen molar-refractivity contribution in [2.75, 3.05) is 13.3 Å². The second kappa shape index (κ2) is 6.15. The lowest BCUT2D eigenvalue weighted by Crippen LogP contribution is -2.03. The summed E-state index contributed by atoms with van der Waals surface area (Å²) in [6.45, 7) is 1.17. The molecule has 0 bridgehead atoms. The molecule has 0 amide bonds. The number of hydrogen-bond acceptors (Lipinski definition) is 4. The van der Waals surface area contributed by atoms with Gasteiger partial charge in [-0.1, -0.05) is 0 Å². The minimum Gasteiger partial charge on any atom is -0.493 e. The smallest absolute Gasteiger partial charge is 0.270 e. The molecule has 6 heteroatoms. The second-order valence-corrected chi connectivity index (χ2v) is 3.55. The molecule has 0 aliphatic rings. The lowest BCUT2D eigenvalue weighted by Gasteiger charge is -2.12. The highest BCUT2D eigenvalue weighted by Crippen LogP contribution is 2.29. The number of nitrogens with zero attached hydrogens (tertiary/aromatic N) is 1. The molecule has 0 unspecified atom stereocenters. The molecule has 0 saturated heterocycles. The minimum absolute atomic E-state index is 0.112. The maximum absolute atomic E-state index is 11.9. The Kier molecular flexibility index (Phi) is 4.84. The molecule has 1 rings (SSSR count). The summed E-state index contributed by atoms with van der Waals surface area (Å²) in [5.74, 6) is 0.346. The van der Waals surface area contributed by atoms with Crippen LogP contribution in [0.15, 0.2) is 18.2 Å². The molecule has 0 aromatic heterocycles. The van der Waals surface area contributed by atoms with Gasteiger partial charge in [0.25, 0.3) is 5.69 Å². The Morgan fingerprint density at radius 2 is 2.29 bits per heavy atom. The zero-order valence-corrected chi connectivity index (χ0v) is 9.43. The van der Waals surface area contributed by atoms with Gasteiger partial charge in [0.05, 0.1) is 24.3 Å². The second-order valence-electron chi connectivity index (χ2n) is 3.55. The molecule has 0 fully saturated rings. The van der Waals surface area contributed by atoms with Crippen molar-refractivity contribution in [1.82, 2.24) is 0 Å². The van der Waals surface area contributed by atoms with Crippen LogP contribution in [-0.2, 0) is 0 Å². The molecule has 0 heterocycles. The third-order valence-corrected chi connectivity index (χ3v) is 2.19. The number of ether oxygens (including phenoxy) is 1. The Balaban J connectivity index is 2.92. The fourth-order valence-corrected chi connectivity index (χ4v) is 1.34. The highest BCUT2D eigenvalue weighted by Gasteiger charge is 2.15. The summed E-state index contributed by atoms with van der Waals surface area (Å²) in [6.07, 6.45) is -0.633. The topological polar surface area (TPSA) is 72.6 Å². The third kappa shape index (κ3) is 3.67. The van der Waals surface area contributed by atoms with Gasteiger partial charge in [0.1, 0.15) is 5.75 Å². The highest BCUT2D eigenvalue weighted by atomic mass is 19.1. The number of halogens is 1. The van der Waals surface area contributed by atoms with Crippen molar-refractivity contribution >= 4 is 5.69 Å². The van der Waals surface area contributed by atoms with E-state index in [0.717, 1.165) is 0 Å². The normalized spacial score (nSPS) is 12.2. The number of aliphatic hydroxyl groups excluding tert-OH is 1. The Bertz CT molecular complexity index is 395. The predicted octanol–water partition coefficient (Wildman–Crippen LogP) is 2.39. The molecule has 0 aliphatic heterocycles. The minimum atomic E-state index is -0.879. The van der Waals surface area contributed by atoms with E-state index in [2.05, 4.69) is 0 Å². The number of hydrogen-bond donors (Lipinski definition) is 1. The van der Waals surface area contributed by atoms with Crippen LogP contribution in [-0.4, -0.2) is 23.3 Å². The van der Waals surface area contributed by atoms with Crippen molar-refractivity contribution in [3.63, 3.8) is 0 Å². The number of nitro groups is 1. The Morgan fingerprint density at radius 1 is 1.59 bits per heavy atom. The Hall–Kier alpha value is -1.69. The van der Waals surface area contributed by atoms with Gasteiger partial charge in [-0.2, -0.15) is 0 Å². The molecule has 1 aromatic rings. The van der Waals surface area contributed by atoms with Crippen LogP contribution in [0.4, 0.5) is 10.1 Å². The Labute approximate surface area is 98.0 Å². The fraction of sp³-hybridized carbons (Fsp3) is 0.455. The molecular formula is C11H14FNO4. The number of nitro benzene ring substituents is 1. The van der Waals surface area contributed by atoms with E-state index in [4.69, 9.17) is 4.74 Å². The van der Waals surface area contributed by atoms with Crippen molar-refractivity contribution in [3.8, 4) is 5.75 Å². The van der Waals surface area contributed by atoms with E-state index in [9.17, 15) is 19.6 Å². The van der Waals surface area contributed by atoms with E-state index >= 15 is 0 Å². The van der Waals surface area contributed by atoms with Crippen molar-refractivity contribution in [3.05, 3.63) is 33.9 Å². The molecule has 1 atom stereocenters. The highest BCUT2D eigenvalue weighted by molar-refractivity contribution is 5.44. The number of aliphatic hydroxyl groups is 1. The van der Waals surface area contributed by atoms with E-state index < -0.39 is 17.7 Å². The monoisotopic (exact) mass is 243 g/mol. The van der Waals surface area contributed by atoms with Crippen molar-refractivity contribution in [1.29, 1.82) is 0 Å². The van der Waals surface area contributed by atoms with E-state index in [-0.39, 0.29) is 18.7 Å². The summed E-state index contributed by atoms with van der Waals surface area (Å²) in [5, 5.41) is 20.1. The van der Waals surface area contributed by atoms with E-state index in [1.165, 1.54) is 25.1 Å². The first-order chi connectivity index (χ1) is 8.06. The third-order valence-electron chi connectivity index (χ3n) is 2.19. The van der Waals surface area contributed by atoms with Crippen molar-refractivity contribution < 1.29 is 19.2 Å². The van der Waals surface area contributed by atoms with Gasteiger partial charge in [-0.15, -0.1) is 0 Å². The molecule has 94 valence electrons. The van der Waals surface area contributed by atoms with Crippen molar-refractivity contribution in [2.45, 2.75) is 19.4 Å². The summed E-state index contributed by atoms with van der Waals surface area (Å²) in [4.78, 5) is 10.0. The van der Waals surface area contributed by atoms with Gasteiger partial charge >= 0.3 is 0 Å². The summed E-state index contributed by atoms with van der Waals surface area (Å²) >= 11 is 0. The van der Waals surface area contributed by atoms with Crippen LogP contribution < -0.4 is 4.74 Å². The molecule has 17 heavy (non-hydrogen) atoms. The standard InChI is InChI=1S/C11H14FNO4/c1-8(14)10-7-9(13(15)16)3-4-11(10)17-6-2-5-12/h3-4,7-8,14H,2,5-6H2,1H3/t8-/m0/s1. The van der Waals surface area contributed by atoms with Crippen LogP contribution in [0.1, 0.15) is 25.0 Å².